The lowest BCUT2D eigenvalue weighted by Gasteiger charge is -2.15. The molecule has 0 aliphatic carbocycles. The molecule has 4 heteroatoms. The molecule has 22 heavy (non-hydrogen) atoms. The van der Waals surface area contributed by atoms with Crippen LogP contribution >= 0.6 is 0 Å². The number of benzene rings is 1. The van der Waals surface area contributed by atoms with Gasteiger partial charge in [0.15, 0.2) is 0 Å². The van der Waals surface area contributed by atoms with Gasteiger partial charge in [0, 0.05) is 5.92 Å². The van der Waals surface area contributed by atoms with Crippen LogP contribution in [0.25, 0.3) is 0 Å². The van der Waals surface area contributed by atoms with Crippen molar-refractivity contribution in [3.8, 4) is 0 Å². The SMILES string of the molecule is O.c1ccc(C(CCNCc2ccco2)c2ccco2)cc1. The van der Waals surface area contributed by atoms with E-state index in [9.17, 15) is 0 Å². The number of nitrogens with one attached hydrogen (secondary N) is 1. The Labute approximate surface area is 130 Å². The van der Waals surface area contributed by atoms with Crippen molar-refractivity contribution in [1.29, 1.82) is 0 Å². The van der Waals surface area contributed by atoms with E-state index in [0.717, 1.165) is 31.0 Å². The molecular formula is C18H21NO3. The quantitative estimate of drug-likeness (QED) is 0.680. The second kappa shape index (κ2) is 8.22. The molecule has 3 N–H and O–H groups in total. The molecule has 2 heterocycles. The Balaban J connectivity index is 0.00000176. The zero-order valence-corrected chi connectivity index (χ0v) is 12.4. The molecule has 1 atom stereocenters. The van der Waals surface area contributed by atoms with Gasteiger partial charge in [0.1, 0.15) is 11.5 Å². The zero-order chi connectivity index (χ0) is 14.3. The molecule has 0 aliphatic rings. The lowest BCUT2D eigenvalue weighted by Crippen LogP contribution is -2.17. The van der Waals surface area contributed by atoms with E-state index in [1.807, 2.05) is 30.3 Å². The Morgan fingerprint density at radius 3 is 2.32 bits per heavy atom. The third-order valence-electron chi connectivity index (χ3n) is 3.58. The highest BCUT2D eigenvalue weighted by atomic mass is 16.3. The van der Waals surface area contributed by atoms with Gasteiger partial charge in [0.25, 0.3) is 0 Å². The maximum Gasteiger partial charge on any atom is 0.117 e. The molecule has 116 valence electrons. The fraction of sp³-hybridized carbons (Fsp3) is 0.222. The van der Waals surface area contributed by atoms with Crippen molar-refractivity contribution in [2.45, 2.75) is 18.9 Å². The standard InChI is InChI=1S/C18H19NO2.H2O/c1-2-6-15(7-3-1)17(18-9-5-13-21-18)10-11-19-14-16-8-4-12-20-16;/h1-9,12-13,17,19H,10-11,14H2;1H2. The van der Waals surface area contributed by atoms with Crippen LogP contribution in [0, 0.1) is 0 Å². The average Bonchev–Trinajstić information content (AvgIpc) is 3.21. The summed E-state index contributed by atoms with van der Waals surface area (Å²) in [4.78, 5) is 0. The fourth-order valence-corrected chi connectivity index (χ4v) is 2.52. The molecule has 0 radical (unpaired) electrons. The van der Waals surface area contributed by atoms with Gasteiger partial charge >= 0.3 is 0 Å². The monoisotopic (exact) mass is 299 g/mol. The highest BCUT2D eigenvalue weighted by Gasteiger charge is 2.16. The van der Waals surface area contributed by atoms with Gasteiger partial charge in [-0.2, -0.15) is 0 Å². The van der Waals surface area contributed by atoms with Crippen molar-refractivity contribution in [2.75, 3.05) is 6.54 Å². The molecule has 0 amide bonds. The third-order valence-corrected chi connectivity index (χ3v) is 3.58. The Morgan fingerprint density at radius 1 is 0.864 bits per heavy atom. The largest absolute Gasteiger partial charge is 0.469 e. The first-order chi connectivity index (χ1) is 10.4. The van der Waals surface area contributed by atoms with E-state index in [2.05, 4.69) is 29.6 Å². The van der Waals surface area contributed by atoms with Crippen molar-refractivity contribution in [3.05, 3.63) is 84.2 Å². The Hall–Kier alpha value is -2.30. The molecule has 0 fully saturated rings. The Morgan fingerprint density at radius 2 is 1.64 bits per heavy atom. The second-order valence-electron chi connectivity index (χ2n) is 5.02. The van der Waals surface area contributed by atoms with E-state index < -0.39 is 0 Å². The van der Waals surface area contributed by atoms with Crippen molar-refractivity contribution < 1.29 is 14.3 Å². The molecule has 1 unspecified atom stereocenters. The number of furan rings is 2. The summed E-state index contributed by atoms with van der Waals surface area (Å²) in [6, 6.07) is 18.4. The Bertz CT molecular complexity index is 618. The molecule has 3 aromatic rings. The minimum atomic E-state index is 0. The number of rotatable bonds is 7. The highest BCUT2D eigenvalue weighted by molar-refractivity contribution is 5.27. The first kappa shape index (κ1) is 16.1. The summed E-state index contributed by atoms with van der Waals surface area (Å²) in [6.45, 7) is 1.66. The van der Waals surface area contributed by atoms with Crippen LogP contribution in [0.1, 0.15) is 29.4 Å². The summed E-state index contributed by atoms with van der Waals surface area (Å²) >= 11 is 0. The molecule has 0 aliphatic heterocycles. The summed E-state index contributed by atoms with van der Waals surface area (Å²) in [6.07, 6.45) is 4.42. The maximum absolute atomic E-state index is 5.61. The lowest BCUT2D eigenvalue weighted by molar-refractivity contribution is 0.452. The molecule has 2 aromatic heterocycles. The van der Waals surface area contributed by atoms with Gasteiger partial charge < -0.3 is 19.6 Å². The first-order valence-corrected chi connectivity index (χ1v) is 7.25. The molecule has 0 bridgehead atoms. The van der Waals surface area contributed by atoms with E-state index in [0.29, 0.717) is 0 Å². The maximum atomic E-state index is 5.61. The summed E-state index contributed by atoms with van der Waals surface area (Å²) in [5, 5.41) is 3.41. The molecule has 4 nitrogen and oxygen atoms in total. The highest BCUT2D eigenvalue weighted by Crippen LogP contribution is 2.27. The van der Waals surface area contributed by atoms with Crippen molar-refractivity contribution in [1.82, 2.24) is 5.32 Å². The molecule has 1 aromatic carbocycles. The summed E-state index contributed by atoms with van der Waals surface area (Å²) in [5.41, 5.74) is 1.28. The minimum Gasteiger partial charge on any atom is -0.469 e. The summed E-state index contributed by atoms with van der Waals surface area (Å²) in [5.74, 6) is 2.26. The summed E-state index contributed by atoms with van der Waals surface area (Å²) in [7, 11) is 0. The molecule has 0 saturated heterocycles. The lowest BCUT2D eigenvalue weighted by atomic mass is 9.93. The van der Waals surface area contributed by atoms with Gasteiger partial charge in [-0.05, 0) is 42.8 Å². The van der Waals surface area contributed by atoms with Crippen LogP contribution in [0.2, 0.25) is 0 Å². The van der Waals surface area contributed by atoms with Crippen molar-refractivity contribution >= 4 is 0 Å². The van der Waals surface area contributed by atoms with Gasteiger partial charge in [-0.25, -0.2) is 0 Å². The van der Waals surface area contributed by atoms with E-state index in [4.69, 9.17) is 8.83 Å². The van der Waals surface area contributed by atoms with Crippen LogP contribution in [-0.2, 0) is 6.54 Å². The number of hydrogen-bond donors (Lipinski definition) is 1. The fourth-order valence-electron chi connectivity index (χ4n) is 2.52. The van der Waals surface area contributed by atoms with Gasteiger partial charge in [-0.15, -0.1) is 0 Å². The van der Waals surface area contributed by atoms with E-state index in [1.165, 1.54) is 5.56 Å². The topological polar surface area (TPSA) is 69.8 Å². The van der Waals surface area contributed by atoms with Crippen LogP contribution in [0.4, 0.5) is 0 Å². The van der Waals surface area contributed by atoms with E-state index in [1.54, 1.807) is 12.5 Å². The van der Waals surface area contributed by atoms with Crippen LogP contribution in [0.3, 0.4) is 0 Å². The van der Waals surface area contributed by atoms with E-state index in [-0.39, 0.29) is 11.4 Å². The van der Waals surface area contributed by atoms with Crippen LogP contribution in [0.5, 0.6) is 0 Å². The first-order valence-electron chi connectivity index (χ1n) is 7.25. The normalized spacial score (nSPS) is 11.8. The van der Waals surface area contributed by atoms with Gasteiger partial charge in [0.2, 0.25) is 0 Å². The van der Waals surface area contributed by atoms with Gasteiger partial charge in [-0.3, -0.25) is 0 Å². The second-order valence-corrected chi connectivity index (χ2v) is 5.02. The zero-order valence-electron chi connectivity index (χ0n) is 12.4. The molecule has 0 spiro atoms. The molecule has 3 rings (SSSR count). The van der Waals surface area contributed by atoms with E-state index >= 15 is 0 Å². The Kier molecular flexibility index (Phi) is 6.01. The van der Waals surface area contributed by atoms with Gasteiger partial charge in [-0.1, -0.05) is 30.3 Å². The number of hydrogen-bond acceptors (Lipinski definition) is 3. The van der Waals surface area contributed by atoms with Crippen molar-refractivity contribution in [3.63, 3.8) is 0 Å². The van der Waals surface area contributed by atoms with Crippen LogP contribution < -0.4 is 5.32 Å². The van der Waals surface area contributed by atoms with Gasteiger partial charge in [0.05, 0.1) is 19.1 Å². The molecule has 0 saturated carbocycles. The predicted octanol–water partition coefficient (Wildman–Crippen LogP) is 3.36. The molecular weight excluding hydrogens is 278 g/mol. The summed E-state index contributed by atoms with van der Waals surface area (Å²) < 4.78 is 10.9. The van der Waals surface area contributed by atoms with Crippen molar-refractivity contribution in [2.24, 2.45) is 0 Å². The van der Waals surface area contributed by atoms with Crippen LogP contribution in [-0.4, -0.2) is 12.0 Å². The predicted molar refractivity (Wildman–Crippen MR) is 85.6 cm³/mol. The van der Waals surface area contributed by atoms with Crippen LogP contribution in [0.15, 0.2) is 76.0 Å². The minimum absolute atomic E-state index is 0. The third kappa shape index (κ3) is 4.10. The smallest absolute Gasteiger partial charge is 0.117 e. The average molecular weight is 299 g/mol.